The molecule has 1 N–H and O–H groups in total. The summed E-state index contributed by atoms with van der Waals surface area (Å²) in [5.74, 6) is 0. The number of thiophene rings is 2. The summed E-state index contributed by atoms with van der Waals surface area (Å²) in [6.45, 7) is 1.09. The van der Waals surface area contributed by atoms with E-state index in [1.54, 1.807) is 0 Å². The van der Waals surface area contributed by atoms with Crippen molar-refractivity contribution in [2.24, 2.45) is 0 Å². The highest BCUT2D eigenvalue weighted by atomic mass is 79.9. The third kappa shape index (κ3) is 1.80. The minimum absolute atomic E-state index is 0.421. The normalized spacial score (nSPS) is 20.2. The minimum atomic E-state index is 0.421. The molecule has 4 heteroatoms. The highest BCUT2D eigenvalue weighted by molar-refractivity contribution is 9.10. The predicted octanol–water partition coefficient (Wildman–Crippen LogP) is 3.81. The maximum absolute atomic E-state index is 3.59. The van der Waals surface area contributed by atoms with Gasteiger partial charge in [0.2, 0.25) is 0 Å². The molecule has 2 aromatic rings. The van der Waals surface area contributed by atoms with Gasteiger partial charge in [-0.2, -0.15) is 0 Å². The predicted molar refractivity (Wildman–Crippen MR) is 69.9 cm³/mol. The van der Waals surface area contributed by atoms with E-state index >= 15 is 0 Å². The fraction of sp³-hybridized carbons (Fsp3) is 0.273. The third-order valence-corrected chi connectivity index (χ3v) is 5.44. The molecule has 0 amide bonds. The van der Waals surface area contributed by atoms with Crippen LogP contribution < -0.4 is 5.32 Å². The topological polar surface area (TPSA) is 12.0 Å². The first-order valence-corrected chi connectivity index (χ1v) is 7.43. The van der Waals surface area contributed by atoms with E-state index < -0.39 is 0 Å². The van der Waals surface area contributed by atoms with E-state index in [1.807, 2.05) is 22.7 Å². The molecule has 0 aromatic carbocycles. The van der Waals surface area contributed by atoms with Crippen molar-refractivity contribution in [3.8, 4) is 0 Å². The summed E-state index contributed by atoms with van der Waals surface area (Å²) in [6, 6.07) is 4.90. The standard InChI is InChI=1S/C11H10BrNS2/c12-8-5-9(15-6-8)10-11-7(1-3-13-10)2-4-14-11/h2,4-6,10,13H,1,3H2. The molecule has 3 rings (SSSR count). The number of hydrogen-bond donors (Lipinski definition) is 1. The Morgan fingerprint density at radius 1 is 1.40 bits per heavy atom. The Morgan fingerprint density at radius 3 is 3.13 bits per heavy atom. The molecule has 0 fully saturated rings. The van der Waals surface area contributed by atoms with Crippen LogP contribution >= 0.6 is 38.6 Å². The quantitative estimate of drug-likeness (QED) is 0.844. The second kappa shape index (κ2) is 4.01. The molecule has 15 heavy (non-hydrogen) atoms. The maximum atomic E-state index is 3.59. The van der Waals surface area contributed by atoms with Gasteiger partial charge in [-0.25, -0.2) is 0 Å². The van der Waals surface area contributed by atoms with E-state index in [0.29, 0.717) is 6.04 Å². The minimum Gasteiger partial charge on any atom is -0.305 e. The third-order valence-electron chi connectivity index (χ3n) is 2.66. The lowest BCUT2D eigenvalue weighted by atomic mass is 10.0. The van der Waals surface area contributed by atoms with Gasteiger partial charge in [-0.3, -0.25) is 0 Å². The first-order valence-electron chi connectivity index (χ1n) is 4.88. The van der Waals surface area contributed by atoms with Gasteiger partial charge in [0.05, 0.1) is 6.04 Å². The number of hydrogen-bond acceptors (Lipinski definition) is 3. The SMILES string of the molecule is Brc1csc(C2NCCc3ccsc32)c1. The molecular weight excluding hydrogens is 290 g/mol. The lowest BCUT2D eigenvalue weighted by Gasteiger charge is -2.22. The van der Waals surface area contributed by atoms with Crippen molar-refractivity contribution in [3.63, 3.8) is 0 Å². The molecule has 0 saturated carbocycles. The average Bonchev–Trinajstić information content (AvgIpc) is 2.84. The van der Waals surface area contributed by atoms with Gasteiger partial charge in [0.1, 0.15) is 0 Å². The van der Waals surface area contributed by atoms with Crippen LogP contribution in [-0.2, 0) is 6.42 Å². The fourth-order valence-electron chi connectivity index (χ4n) is 1.96. The molecule has 0 aliphatic carbocycles. The lowest BCUT2D eigenvalue weighted by Crippen LogP contribution is -2.28. The highest BCUT2D eigenvalue weighted by Gasteiger charge is 2.23. The molecule has 0 spiro atoms. The summed E-state index contributed by atoms with van der Waals surface area (Å²) in [7, 11) is 0. The molecule has 2 aromatic heterocycles. The zero-order valence-electron chi connectivity index (χ0n) is 8.00. The van der Waals surface area contributed by atoms with Gasteiger partial charge < -0.3 is 5.32 Å². The second-order valence-corrected chi connectivity index (χ2v) is 6.42. The lowest BCUT2D eigenvalue weighted by molar-refractivity contribution is 0.585. The van der Waals surface area contributed by atoms with Crippen molar-refractivity contribution in [3.05, 3.63) is 42.7 Å². The van der Waals surface area contributed by atoms with E-state index in [1.165, 1.54) is 26.2 Å². The number of nitrogens with one attached hydrogen (secondary N) is 1. The molecule has 0 radical (unpaired) electrons. The van der Waals surface area contributed by atoms with Gasteiger partial charge in [-0.1, -0.05) is 0 Å². The zero-order chi connectivity index (χ0) is 10.3. The van der Waals surface area contributed by atoms with Crippen LogP contribution in [-0.4, -0.2) is 6.54 Å². The number of rotatable bonds is 1. The van der Waals surface area contributed by atoms with Crippen molar-refractivity contribution in [2.45, 2.75) is 12.5 Å². The van der Waals surface area contributed by atoms with Crippen LogP contribution in [0.5, 0.6) is 0 Å². The Hall–Kier alpha value is -0.160. The van der Waals surface area contributed by atoms with Crippen molar-refractivity contribution in [2.75, 3.05) is 6.54 Å². The van der Waals surface area contributed by atoms with Gasteiger partial charge >= 0.3 is 0 Å². The molecule has 3 heterocycles. The Bertz CT molecular complexity index is 474. The van der Waals surface area contributed by atoms with Crippen molar-refractivity contribution >= 4 is 38.6 Å². The Balaban J connectivity index is 2.02. The van der Waals surface area contributed by atoms with Crippen LogP contribution in [0.3, 0.4) is 0 Å². The first-order chi connectivity index (χ1) is 7.34. The van der Waals surface area contributed by atoms with E-state index in [4.69, 9.17) is 0 Å². The largest absolute Gasteiger partial charge is 0.305 e. The molecule has 1 unspecified atom stereocenters. The van der Waals surface area contributed by atoms with Crippen LogP contribution in [0.1, 0.15) is 21.4 Å². The van der Waals surface area contributed by atoms with Crippen LogP contribution in [0.4, 0.5) is 0 Å². The molecule has 1 nitrogen and oxygen atoms in total. The molecule has 78 valence electrons. The van der Waals surface area contributed by atoms with Crippen molar-refractivity contribution in [1.82, 2.24) is 5.32 Å². The number of fused-ring (bicyclic) bond motifs is 1. The Labute approximate surface area is 105 Å². The fourth-order valence-corrected chi connectivity index (χ4v) is 4.61. The van der Waals surface area contributed by atoms with Gasteiger partial charge in [-0.05, 0) is 45.4 Å². The van der Waals surface area contributed by atoms with E-state index in [2.05, 4.69) is 44.1 Å². The Kier molecular flexibility index (Phi) is 2.68. The molecule has 1 aliphatic rings. The van der Waals surface area contributed by atoms with Crippen LogP contribution in [0.2, 0.25) is 0 Å². The molecule has 1 aliphatic heterocycles. The van der Waals surface area contributed by atoms with Crippen molar-refractivity contribution in [1.29, 1.82) is 0 Å². The van der Waals surface area contributed by atoms with Gasteiger partial charge in [0, 0.05) is 26.2 Å². The van der Waals surface area contributed by atoms with Gasteiger partial charge in [0.15, 0.2) is 0 Å². The second-order valence-electron chi connectivity index (χ2n) is 3.61. The zero-order valence-corrected chi connectivity index (χ0v) is 11.2. The molecule has 0 saturated heterocycles. The average molecular weight is 300 g/mol. The Morgan fingerprint density at radius 2 is 2.33 bits per heavy atom. The summed E-state index contributed by atoms with van der Waals surface area (Å²) in [4.78, 5) is 2.90. The highest BCUT2D eigenvalue weighted by Crippen LogP contribution is 2.36. The van der Waals surface area contributed by atoms with Crippen molar-refractivity contribution < 1.29 is 0 Å². The van der Waals surface area contributed by atoms with E-state index in [0.717, 1.165) is 6.54 Å². The summed E-state index contributed by atoms with van der Waals surface area (Å²) in [6.07, 6.45) is 1.17. The summed E-state index contributed by atoms with van der Waals surface area (Å²) < 4.78 is 1.19. The van der Waals surface area contributed by atoms with Gasteiger partial charge in [-0.15, -0.1) is 22.7 Å². The molecule has 0 bridgehead atoms. The summed E-state index contributed by atoms with van der Waals surface area (Å²) >= 11 is 7.20. The molecular formula is C11H10BrNS2. The summed E-state index contributed by atoms with van der Waals surface area (Å²) in [5, 5.41) is 7.94. The summed E-state index contributed by atoms with van der Waals surface area (Å²) in [5.41, 5.74) is 1.52. The smallest absolute Gasteiger partial charge is 0.0768 e. The van der Waals surface area contributed by atoms with Gasteiger partial charge in [0.25, 0.3) is 0 Å². The maximum Gasteiger partial charge on any atom is 0.0768 e. The first kappa shape index (κ1) is 10.0. The van der Waals surface area contributed by atoms with E-state index in [-0.39, 0.29) is 0 Å². The van der Waals surface area contributed by atoms with Crippen LogP contribution in [0, 0.1) is 0 Å². The van der Waals surface area contributed by atoms with E-state index in [9.17, 15) is 0 Å². The molecule has 1 atom stereocenters. The van der Waals surface area contributed by atoms with Crippen LogP contribution in [0.15, 0.2) is 27.4 Å². The number of halogens is 1. The monoisotopic (exact) mass is 299 g/mol. The van der Waals surface area contributed by atoms with Crippen LogP contribution in [0.25, 0.3) is 0 Å².